The molecule has 0 aliphatic carbocycles. The molecule has 1 aromatic heterocycles. The molecule has 0 amide bonds. The molecule has 0 fully saturated rings. The van der Waals surface area contributed by atoms with Crippen LogP contribution in [0.5, 0.6) is 0 Å². The summed E-state index contributed by atoms with van der Waals surface area (Å²) in [7, 11) is 4.10. The molecule has 1 aromatic rings. The minimum Gasteiger partial charge on any atom is -0.404 e. The average Bonchev–Trinajstić information content (AvgIpc) is 2.71. The highest BCUT2D eigenvalue weighted by atomic mass is 16.6. The van der Waals surface area contributed by atoms with Crippen LogP contribution in [0.15, 0.2) is 16.5 Å². The number of hydrogen-bond acceptors (Lipinski definition) is 5. The van der Waals surface area contributed by atoms with Crippen LogP contribution in [-0.2, 0) is 6.54 Å². The lowest BCUT2D eigenvalue weighted by Crippen LogP contribution is -2.17. The Balaban J connectivity index is 2.11. The summed E-state index contributed by atoms with van der Waals surface area (Å²) in [6.07, 6.45) is 2.22. The van der Waals surface area contributed by atoms with Gasteiger partial charge in [0.1, 0.15) is 10.7 Å². The summed E-state index contributed by atoms with van der Waals surface area (Å²) in [4.78, 5) is 12.0. The quantitative estimate of drug-likeness (QED) is 0.425. The second-order valence-electron chi connectivity index (χ2n) is 4.18. The van der Waals surface area contributed by atoms with Gasteiger partial charge >= 0.3 is 5.88 Å². The zero-order valence-electron chi connectivity index (χ0n) is 10.3. The average molecular weight is 241 g/mol. The summed E-state index contributed by atoms with van der Waals surface area (Å²) < 4.78 is 5.02. The maximum absolute atomic E-state index is 10.4. The van der Waals surface area contributed by atoms with E-state index in [1.54, 1.807) is 6.07 Å². The van der Waals surface area contributed by atoms with Crippen molar-refractivity contribution in [1.82, 2.24) is 10.2 Å². The summed E-state index contributed by atoms with van der Waals surface area (Å²) in [5.74, 6) is 0.402. The first kappa shape index (κ1) is 13.7. The van der Waals surface area contributed by atoms with E-state index in [2.05, 4.69) is 24.3 Å². The number of nitro groups is 1. The van der Waals surface area contributed by atoms with Gasteiger partial charge in [0.2, 0.25) is 0 Å². The third-order valence-electron chi connectivity index (χ3n) is 2.34. The summed E-state index contributed by atoms with van der Waals surface area (Å²) in [5.41, 5.74) is 0. The highest BCUT2D eigenvalue weighted by Gasteiger charge is 2.10. The standard InChI is InChI=1S/C11H19N3O3/c1-13(2)8-4-3-7-12-9-10-5-6-11(17-10)14(15)16/h5-6,12H,3-4,7-9H2,1-2H3. The van der Waals surface area contributed by atoms with Gasteiger partial charge in [0.25, 0.3) is 0 Å². The van der Waals surface area contributed by atoms with Crippen molar-refractivity contribution in [3.63, 3.8) is 0 Å². The van der Waals surface area contributed by atoms with Crippen molar-refractivity contribution >= 4 is 5.88 Å². The first-order valence-corrected chi connectivity index (χ1v) is 5.68. The van der Waals surface area contributed by atoms with Gasteiger partial charge in [-0.1, -0.05) is 0 Å². The molecule has 0 aliphatic rings. The first-order chi connectivity index (χ1) is 8.09. The number of furan rings is 1. The molecule has 0 spiro atoms. The molecule has 0 saturated carbocycles. The second-order valence-corrected chi connectivity index (χ2v) is 4.18. The minimum absolute atomic E-state index is 0.200. The lowest BCUT2D eigenvalue weighted by molar-refractivity contribution is -0.402. The molecule has 1 rings (SSSR count). The Kier molecular flexibility index (Phi) is 5.65. The van der Waals surface area contributed by atoms with Gasteiger partial charge in [0, 0.05) is 0 Å². The third kappa shape index (κ3) is 5.46. The Hall–Kier alpha value is -1.40. The summed E-state index contributed by atoms with van der Waals surface area (Å²) in [5, 5.41) is 13.6. The zero-order valence-corrected chi connectivity index (χ0v) is 10.3. The van der Waals surface area contributed by atoms with E-state index < -0.39 is 4.92 Å². The van der Waals surface area contributed by atoms with Crippen molar-refractivity contribution in [1.29, 1.82) is 0 Å². The van der Waals surface area contributed by atoms with Crippen LogP contribution >= 0.6 is 0 Å². The van der Waals surface area contributed by atoms with Gasteiger partial charge in [-0.15, -0.1) is 0 Å². The fourth-order valence-corrected chi connectivity index (χ4v) is 1.45. The van der Waals surface area contributed by atoms with E-state index in [9.17, 15) is 10.1 Å². The highest BCUT2D eigenvalue weighted by molar-refractivity contribution is 5.17. The summed E-state index contributed by atoms with van der Waals surface area (Å²) >= 11 is 0. The maximum Gasteiger partial charge on any atom is 0.433 e. The van der Waals surface area contributed by atoms with E-state index in [-0.39, 0.29) is 5.88 Å². The van der Waals surface area contributed by atoms with E-state index in [0.29, 0.717) is 12.3 Å². The van der Waals surface area contributed by atoms with Crippen LogP contribution in [0.2, 0.25) is 0 Å². The predicted octanol–water partition coefficient (Wildman–Crippen LogP) is 1.62. The van der Waals surface area contributed by atoms with Crippen molar-refractivity contribution in [2.45, 2.75) is 19.4 Å². The maximum atomic E-state index is 10.4. The number of rotatable bonds is 8. The molecule has 1 heterocycles. The summed E-state index contributed by atoms with van der Waals surface area (Å²) in [6.45, 7) is 2.51. The lowest BCUT2D eigenvalue weighted by atomic mass is 10.3. The van der Waals surface area contributed by atoms with Crippen molar-refractivity contribution in [3.8, 4) is 0 Å². The molecule has 0 unspecified atom stereocenters. The molecule has 6 heteroatoms. The van der Waals surface area contributed by atoms with Crippen LogP contribution < -0.4 is 5.32 Å². The Morgan fingerprint density at radius 1 is 1.41 bits per heavy atom. The van der Waals surface area contributed by atoms with Gasteiger partial charge in [-0.25, -0.2) is 0 Å². The van der Waals surface area contributed by atoms with Gasteiger partial charge in [0.15, 0.2) is 0 Å². The Morgan fingerprint density at radius 2 is 2.18 bits per heavy atom. The molecule has 6 nitrogen and oxygen atoms in total. The third-order valence-corrected chi connectivity index (χ3v) is 2.34. The van der Waals surface area contributed by atoms with Crippen LogP contribution in [0.3, 0.4) is 0 Å². The molecule has 96 valence electrons. The first-order valence-electron chi connectivity index (χ1n) is 5.68. The number of nitrogens with zero attached hydrogens (tertiary/aromatic N) is 2. The van der Waals surface area contributed by atoms with Crippen LogP contribution in [0.1, 0.15) is 18.6 Å². The van der Waals surface area contributed by atoms with Gasteiger partial charge < -0.3 is 14.6 Å². The molecular formula is C11H19N3O3. The van der Waals surface area contributed by atoms with Crippen LogP contribution in [0.25, 0.3) is 0 Å². The zero-order chi connectivity index (χ0) is 12.7. The molecular weight excluding hydrogens is 222 g/mol. The second kappa shape index (κ2) is 7.03. The van der Waals surface area contributed by atoms with Gasteiger partial charge in [0.05, 0.1) is 12.6 Å². The largest absolute Gasteiger partial charge is 0.433 e. The molecule has 0 saturated heterocycles. The molecule has 17 heavy (non-hydrogen) atoms. The van der Waals surface area contributed by atoms with Crippen molar-refractivity contribution in [3.05, 3.63) is 28.0 Å². The van der Waals surface area contributed by atoms with Crippen LogP contribution in [-0.4, -0.2) is 37.0 Å². The number of nitrogens with one attached hydrogen (secondary N) is 1. The van der Waals surface area contributed by atoms with Crippen molar-refractivity contribution in [2.75, 3.05) is 27.2 Å². The van der Waals surface area contributed by atoms with E-state index in [0.717, 1.165) is 25.9 Å². The Bertz CT molecular complexity index is 349. The van der Waals surface area contributed by atoms with E-state index in [1.165, 1.54) is 6.07 Å². The van der Waals surface area contributed by atoms with E-state index in [4.69, 9.17) is 4.42 Å². The van der Waals surface area contributed by atoms with Crippen molar-refractivity contribution < 1.29 is 9.34 Å². The van der Waals surface area contributed by atoms with Gasteiger partial charge in [-0.05, 0) is 46.1 Å². The summed E-state index contributed by atoms with van der Waals surface area (Å²) in [6, 6.07) is 3.01. The topological polar surface area (TPSA) is 71.5 Å². The predicted molar refractivity (Wildman–Crippen MR) is 64.9 cm³/mol. The number of hydrogen-bond donors (Lipinski definition) is 1. The minimum atomic E-state index is -0.527. The molecule has 0 radical (unpaired) electrons. The van der Waals surface area contributed by atoms with Gasteiger partial charge in [-0.3, -0.25) is 10.1 Å². The lowest BCUT2D eigenvalue weighted by Gasteiger charge is -2.08. The monoisotopic (exact) mass is 241 g/mol. The highest BCUT2D eigenvalue weighted by Crippen LogP contribution is 2.15. The fraction of sp³-hybridized carbons (Fsp3) is 0.636. The van der Waals surface area contributed by atoms with Crippen LogP contribution in [0.4, 0.5) is 5.88 Å². The molecule has 0 aromatic carbocycles. The number of unbranched alkanes of at least 4 members (excludes halogenated alkanes) is 1. The molecule has 0 bridgehead atoms. The van der Waals surface area contributed by atoms with E-state index in [1.807, 2.05) is 0 Å². The Morgan fingerprint density at radius 3 is 2.76 bits per heavy atom. The van der Waals surface area contributed by atoms with Crippen LogP contribution in [0, 0.1) is 10.1 Å². The van der Waals surface area contributed by atoms with E-state index >= 15 is 0 Å². The smallest absolute Gasteiger partial charge is 0.404 e. The Labute approximate surface area is 101 Å². The van der Waals surface area contributed by atoms with Crippen molar-refractivity contribution in [2.24, 2.45) is 0 Å². The normalized spacial score (nSPS) is 11.0. The molecule has 0 atom stereocenters. The van der Waals surface area contributed by atoms with Gasteiger partial charge in [-0.2, -0.15) is 0 Å². The molecule has 1 N–H and O–H groups in total. The molecule has 0 aliphatic heterocycles. The SMILES string of the molecule is CN(C)CCCCNCc1ccc([N+](=O)[O-])o1. The fourth-order valence-electron chi connectivity index (χ4n) is 1.45.